The van der Waals surface area contributed by atoms with Crippen LogP contribution in [0, 0.1) is 0 Å². The summed E-state index contributed by atoms with van der Waals surface area (Å²) in [4.78, 5) is 3.49. The van der Waals surface area contributed by atoms with E-state index in [-0.39, 0.29) is 5.92 Å². The molecule has 2 aliphatic heterocycles. The Labute approximate surface area is 150 Å². The van der Waals surface area contributed by atoms with Gasteiger partial charge in [0.2, 0.25) is 0 Å². The van der Waals surface area contributed by atoms with Crippen molar-refractivity contribution in [1.29, 1.82) is 0 Å². The highest BCUT2D eigenvalue weighted by molar-refractivity contribution is 7.86. The molecule has 136 valence electrons. The van der Waals surface area contributed by atoms with Gasteiger partial charge in [0.1, 0.15) is 0 Å². The Morgan fingerprint density at radius 3 is 2.40 bits per heavy atom. The highest BCUT2D eigenvalue weighted by atomic mass is 32.2. The zero-order valence-corrected chi connectivity index (χ0v) is 15.5. The molecule has 0 unspecified atom stereocenters. The van der Waals surface area contributed by atoms with Crippen molar-refractivity contribution in [3.63, 3.8) is 0 Å². The minimum absolute atomic E-state index is 0.253. The van der Waals surface area contributed by atoms with E-state index < -0.39 is 10.2 Å². The topological polar surface area (TPSA) is 56.4 Å². The van der Waals surface area contributed by atoms with Gasteiger partial charge in [0, 0.05) is 43.3 Å². The van der Waals surface area contributed by atoms with Crippen molar-refractivity contribution < 1.29 is 8.42 Å². The van der Waals surface area contributed by atoms with Crippen LogP contribution in [0.4, 0.5) is 0 Å². The molecule has 5 nitrogen and oxygen atoms in total. The molecule has 1 N–H and O–H groups in total. The van der Waals surface area contributed by atoms with Gasteiger partial charge in [0.15, 0.2) is 0 Å². The van der Waals surface area contributed by atoms with E-state index in [2.05, 4.69) is 23.2 Å². The normalized spacial score (nSPS) is 24.4. The van der Waals surface area contributed by atoms with Gasteiger partial charge < -0.3 is 4.98 Å². The van der Waals surface area contributed by atoms with Gasteiger partial charge in [-0.2, -0.15) is 17.0 Å². The molecule has 2 saturated heterocycles. The van der Waals surface area contributed by atoms with E-state index in [1.807, 2.05) is 12.1 Å². The number of benzene rings is 1. The summed E-state index contributed by atoms with van der Waals surface area (Å²) >= 11 is 0. The predicted molar refractivity (Wildman–Crippen MR) is 101 cm³/mol. The maximum atomic E-state index is 13.1. The van der Waals surface area contributed by atoms with Crippen LogP contribution >= 0.6 is 0 Å². The van der Waals surface area contributed by atoms with Crippen LogP contribution in [0.3, 0.4) is 0 Å². The van der Waals surface area contributed by atoms with E-state index in [0.717, 1.165) is 49.7 Å². The zero-order chi connectivity index (χ0) is 17.3. The smallest absolute Gasteiger partial charge is 0.281 e. The van der Waals surface area contributed by atoms with Crippen molar-refractivity contribution in [1.82, 2.24) is 13.6 Å². The second kappa shape index (κ2) is 7.09. The van der Waals surface area contributed by atoms with Crippen LogP contribution in [0.1, 0.15) is 50.1 Å². The number of hydrogen-bond donors (Lipinski definition) is 1. The van der Waals surface area contributed by atoms with Crippen molar-refractivity contribution in [3.05, 3.63) is 36.0 Å². The number of H-pyrrole nitrogens is 1. The molecule has 0 bridgehead atoms. The Bertz CT molecular complexity index is 789. The Hall–Kier alpha value is -1.37. The lowest BCUT2D eigenvalue weighted by atomic mass is 9.96. The number of para-hydroxylation sites is 1. The molecule has 2 aliphatic rings. The second-order valence-corrected chi connectivity index (χ2v) is 9.26. The maximum absolute atomic E-state index is 13.1. The Morgan fingerprint density at radius 2 is 1.64 bits per heavy atom. The summed E-state index contributed by atoms with van der Waals surface area (Å²) in [6, 6.07) is 10.4. The fourth-order valence-corrected chi connectivity index (χ4v) is 5.93. The number of nitrogens with zero attached hydrogens (tertiary/aromatic N) is 2. The summed E-state index contributed by atoms with van der Waals surface area (Å²) in [5, 5.41) is 1.20. The van der Waals surface area contributed by atoms with Gasteiger partial charge in [-0.25, -0.2) is 0 Å². The Morgan fingerprint density at radius 1 is 0.920 bits per heavy atom. The fourth-order valence-electron chi connectivity index (χ4n) is 4.16. The fraction of sp³-hybridized carbons (Fsp3) is 0.579. The summed E-state index contributed by atoms with van der Waals surface area (Å²) in [7, 11) is -3.33. The molecule has 2 fully saturated rings. The molecule has 25 heavy (non-hydrogen) atoms. The summed E-state index contributed by atoms with van der Waals surface area (Å²) in [6.45, 7) is 2.59. The molecule has 0 saturated carbocycles. The quantitative estimate of drug-likeness (QED) is 0.910. The van der Waals surface area contributed by atoms with E-state index in [1.54, 1.807) is 8.61 Å². The molecule has 1 aromatic carbocycles. The minimum Gasteiger partial charge on any atom is -0.358 e. The molecule has 0 aliphatic carbocycles. The summed E-state index contributed by atoms with van der Waals surface area (Å²) in [6.07, 6.45) is 6.22. The average Bonchev–Trinajstić information content (AvgIpc) is 2.87. The molecule has 4 rings (SSSR count). The molecule has 0 radical (unpaired) electrons. The van der Waals surface area contributed by atoms with E-state index in [9.17, 15) is 8.42 Å². The van der Waals surface area contributed by atoms with Crippen molar-refractivity contribution in [2.75, 3.05) is 26.2 Å². The molecule has 0 amide bonds. The number of piperidine rings is 1. The highest BCUT2D eigenvalue weighted by Crippen LogP contribution is 2.31. The van der Waals surface area contributed by atoms with E-state index in [0.29, 0.717) is 26.2 Å². The van der Waals surface area contributed by atoms with Gasteiger partial charge in [0.25, 0.3) is 10.2 Å². The molecule has 0 spiro atoms. The first kappa shape index (κ1) is 17.1. The molecule has 1 aromatic heterocycles. The average molecular weight is 362 g/mol. The van der Waals surface area contributed by atoms with Crippen molar-refractivity contribution in [3.8, 4) is 0 Å². The van der Waals surface area contributed by atoms with Crippen molar-refractivity contribution in [2.24, 2.45) is 0 Å². The lowest BCUT2D eigenvalue weighted by molar-refractivity contribution is 0.282. The summed E-state index contributed by atoms with van der Waals surface area (Å²) < 4.78 is 29.6. The van der Waals surface area contributed by atoms with Gasteiger partial charge in [-0.05, 0) is 43.2 Å². The molecular formula is C19H27N3O2S. The number of nitrogens with one attached hydrogen (secondary N) is 1. The van der Waals surface area contributed by atoms with Gasteiger partial charge in [-0.15, -0.1) is 0 Å². The van der Waals surface area contributed by atoms with Gasteiger partial charge in [0.05, 0.1) is 0 Å². The molecule has 2 aromatic rings. The van der Waals surface area contributed by atoms with Crippen LogP contribution in [0.15, 0.2) is 30.3 Å². The standard InChI is InChI=1S/C19H27N3O2S/c23-25(24,21-11-5-1-2-6-12-21)22-13-7-9-17(15-22)19-14-16-8-3-4-10-18(16)20-19/h3-4,8,10,14,17,20H,1-2,5-7,9,11-13,15H2/t17-/m1/s1. The Kier molecular flexibility index (Phi) is 4.84. The van der Waals surface area contributed by atoms with Gasteiger partial charge in [-0.1, -0.05) is 31.0 Å². The van der Waals surface area contributed by atoms with Crippen LogP contribution < -0.4 is 0 Å². The lowest BCUT2D eigenvalue weighted by Crippen LogP contribution is -2.47. The number of aromatic amines is 1. The Balaban J connectivity index is 1.53. The maximum Gasteiger partial charge on any atom is 0.281 e. The van der Waals surface area contributed by atoms with Gasteiger partial charge in [-0.3, -0.25) is 0 Å². The number of aromatic nitrogens is 1. The SMILES string of the molecule is O=S(=O)(N1CCCCCC1)N1CCC[C@@H](c2cc3ccccc3[nH]2)C1. The third kappa shape index (κ3) is 3.48. The van der Waals surface area contributed by atoms with Crippen LogP contribution in [-0.4, -0.2) is 48.2 Å². The molecule has 6 heteroatoms. The van der Waals surface area contributed by atoms with Gasteiger partial charge >= 0.3 is 0 Å². The van der Waals surface area contributed by atoms with Crippen LogP contribution in [0.5, 0.6) is 0 Å². The number of hydrogen-bond acceptors (Lipinski definition) is 2. The zero-order valence-electron chi connectivity index (χ0n) is 14.7. The third-order valence-corrected chi connectivity index (χ3v) is 7.59. The number of fused-ring (bicyclic) bond motifs is 1. The molecular weight excluding hydrogens is 334 g/mol. The molecule has 3 heterocycles. The van der Waals surface area contributed by atoms with Crippen LogP contribution in [-0.2, 0) is 10.2 Å². The van der Waals surface area contributed by atoms with Crippen molar-refractivity contribution in [2.45, 2.75) is 44.4 Å². The van der Waals surface area contributed by atoms with Crippen molar-refractivity contribution >= 4 is 21.1 Å². The largest absolute Gasteiger partial charge is 0.358 e. The third-order valence-electron chi connectivity index (χ3n) is 5.59. The summed E-state index contributed by atoms with van der Waals surface area (Å²) in [5.74, 6) is 0.253. The highest BCUT2D eigenvalue weighted by Gasteiger charge is 2.34. The second-order valence-electron chi connectivity index (χ2n) is 7.33. The first-order chi connectivity index (χ1) is 12.1. The van der Waals surface area contributed by atoms with E-state index in [4.69, 9.17) is 0 Å². The van der Waals surface area contributed by atoms with Crippen LogP contribution in [0.25, 0.3) is 10.9 Å². The lowest BCUT2D eigenvalue weighted by Gasteiger charge is -2.35. The predicted octanol–water partition coefficient (Wildman–Crippen LogP) is 3.47. The first-order valence-corrected chi connectivity index (χ1v) is 10.9. The van der Waals surface area contributed by atoms with E-state index in [1.165, 1.54) is 5.39 Å². The monoisotopic (exact) mass is 361 g/mol. The summed E-state index contributed by atoms with van der Waals surface area (Å²) in [5.41, 5.74) is 2.29. The molecule has 1 atom stereocenters. The number of rotatable bonds is 3. The van der Waals surface area contributed by atoms with Crippen LogP contribution in [0.2, 0.25) is 0 Å². The minimum atomic E-state index is -3.33. The first-order valence-electron chi connectivity index (χ1n) is 9.47. The van der Waals surface area contributed by atoms with E-state index >= 15 is 0 Å².